The number of methoxy groups -OCH3 is 1. The Morgan fingerprint density at radius 1 is 1.20 bits per heavy atom. The molecule has 0 saturated carbocycles. The van der Waals surface area contributed by atoms with Crippen molar-refractivity contribution in [2.45, 2.75) is 6.42 Å². The highest BCUT2D eigenvalue weighted by Crippen LogP contribution is 2.37. The average Bonchev–Trinajstić information content (AvgIpc) is 2.44. The van der Waals surface area contributed by atoms with Crippen LogP contribution in [0.15, 0.2) is 24.4 Å². The van der Waals surface area contributed by atoms with Gasteiger partial charge in [0.25, 0.3) is 0 Å². The van der Waals surface area contributed by atoms with E-state index in [1.54, 1.807) is 18.3 Å². The van der Waals surface area contributed by atoms with Crippen molar-refractivity contribution in [3.05, 3.63) is 45.0 Å². The maximum atomic E-state index is 8.76. The molecule has 6 heteroatoms. The molecular weight excluding hydrogens is 319 g/mol. The summed E-state index contributed by atoms with van der Waals surface area (Å²) in [6.45, 7) is 0. The van der Waals surface area contributed by atoms with Gasteiger partial charge in [0.1, 0.15) is 0 Å². The van der Waals surface area contributed by atoms with E-state index in [9.17, 15) is 0 Å². The molecule has 0 radical (unpaired) electrons. The SMILES string of the molecule is COc1ncc(CC#N)cc1-c1cc(Cl)c(Cl)c(Cl)c1. The van der Waals surface area contributed by atoms with Crippen LogP contribution in [-0.2, 0) is 6.42 Å². The lowest BCUT2D eigenvalue weighted by Crippen LogP contribution is -1.94. The fraction of sp³-hybridized carbons (Fsp3) is 0.143. The molecule has 0 amide bonds. The van der Waals surface area contributed by atoms with Crippen LogP contribution < -0.4 is 4.74 Å². The highest BCUT2D eigenvalue weighted by atomic mass is 35.5. The number of rotatable bonds is 3. The number of nitrogens with zero attached hydrogens (tertiary/aromatic N) is 2. The summed E-state index contributed by atoms with van der Waals surface area (Å²) in [7, 11) is 1.52. The van der Waals surface area contributed by atoms with Gasteiger partial charge >= 0.3 is 0 Å². The fourth-order valence-electron chi connectivity index (χ4n) is 1.76. The zero-order valence-corrected chi connectivity index (χ0v) is 12.7. The first-order valence-electron chi connectivity index (χ1n) is 5.61. The third-order valence-electron chi connectivity index (χ3n) is 2.68. The Balaban J connectivity index is 2.61. The molecule has 0 aliphatic carbocycles. The largest absolute Gasteiger partial charge is 0.481 e. The van der Waals surface area contributed by atoms with Gasteiger partial charge in [-0.15, -0.1) is 0 Å². The normalized spacial score (nSPS) is 10.2. The van der Waals surface area contributed by atoms with Crippen LogP contribution >= 0.6 is 34.8 Å². The average molecular weight is 328 g/mol. The first-order chi connectivity index (χ1) is 9.56. The Hall–Kier alpha value is -1.47. The maximum Gasteiger partial charge on any atom is 0.221 e. The van der Waals surface area contributed by atoms with Crippen LogP contribution in [0, 0.1) is 11.3 Å². The third kappa shape index (κ3) is 2.99. The predicted octanol–water partition coefficient (Wildman–Crippen LogP) is 4.78. The summed E-state index contributed by atoms with van der Waals surface area (Å²) in [4.78, 5) is 4.18. The van der Waals surface area contributed by atoms with E-state index in [2.05, 4.69) is 11.1 Å². The van der Waals surface area contributed by atoms with Crippen LogP contribution in [-0.4, -0.2) is 12.1 Å². The van der Waals surface area contributed by atoms with Crippen molar-refractivity contribution < 1.29 is 4.74 Å². The summed E-state index contributed by atoms with van der Waals surface area (Å²) < 4.78 is 5.23. The second-order valence-electron chi connectivity index (χ2n) is 3.99. The molecule has 0 aliphatic heterocycles. The minimum Gasteiger partial charge on any atom is -0.481 e. The van der Waals surface area contributed by atoms with E-state index in [0.29, 0.717) is 26.5 Å². The van der Waals surface area contributed by atoms with Crippen LogP contribution in [0.25, 0.3) is 11.1 Å². The molecule has 0 N–H and O–H groups in total. The highest BCUT2D eigenvalue weighted by molar-refractivity contribution is 6.48. The Morgan fingerprint density at radius 3 is 2.40 bits per heavy atom. The molecule has 1 heterocycles. The van der Waals surface area contributed by atoms with Crippen molar-refractivity contribution in [1.82, 2.24) is 4.98 Å². The molecule has 2 rings (SSSR count). The second-order valence-corrected chi connectivity index (χ2v) is 5.18. The molecule has 0 bridgehead atoms. The molecule has 0 saturated heterocycles. The van der Waals surface area contributed by atoms with E-state index in [-0.39, 0.29) is 6.42 Å². The Labute approximate surface area is 131 Å². The number of pyridine rings is 1. The predicted molar refractivity (Wildman–Crippen MR) is 80.6 cm³/mol. The Kier molecular flexibility index (Phi) is 4.72. The Bertz CT molecular complexity index is 672. The van der Waals surface area contributed by atoms with Crippen molar-refractivity contribution >= 4 is 34.8 Å². The Morgan fingerprint density at radius 2 is 1.85 bits per heavy atom. The van der Waals surface area contributed by atoms with Gasteiger partial charge in [0.15, 0.2) is 0 Å². The molecule has 0 unspecified atom stereocenters. The molecule has 0 aliphatic rings. The van der Waals surface area contributed by atoms with Crippen LogP contribution in [0.5, 0.6) is 5.88 Å². The second kappa shape index (κ2) is 6.32. The lowest BCUT2D eigenvalue weighted by molar-refractivity contribution is 0.399. The van der Waals surface area contributed by atoms with Gasteiger partial charge in [-0.1, -0.05) is 34.8 Å². The summed E-state index contributed by atoms with van der Waals surface area (Å²) >= 11 is 18.0. The molecule has 1 aromatic carbocycles. The lowest BCUT2D eigenvalue weighted by Gasteiger charge is -2.10. The lowest BCUT2D eigenvalue weighted by atomic mass is 10.0. The zero-order chi connectivity index (χ0) is 14.7. The standard InChI is InChI=1S/C14H9Cl3N2O/c1-20-14-10(4-8(2-3-18)7-19-14)9-5-11(15)13(17)12(16)6-9/h4-7H,2H2,1H3. The summed E-state index contributed by atoms with van der Waals surface area (Å²) in [5, 5.41) is 9.76. The number of hydrogen-bond acceptors (Lipinski definition) is 3. The minimum atomic E-state index is 0.263. The van der Waals surface area contributed by atoms with Crippen LogP contribution in [0.1, 0.15) is 5.56 Å². The first-order valence-corrected chi connectivity index (χ1v) is 6.75. The van der Waals surface area contributed by atoms with E-state index >= 15 is 0 Å². The van der Waals surface area contributed by atoms with E-state index < -0.39 is 0 Å². The van der Waals surface area contributed by atoms with Crippen molar-refractivity contribution in [2.75, 3.05) is 7.11 Å². The van der Waals surface area contributed by atoms with E-state index in [4.69, 9.17) is 44.8 Å². The van der Waals surface area contributed by atoms with E-state index in [1.807, 2.05) is 6.07 Å². The summed E-state index contributed by atoms with van der Waals surface area (Å²) in [5.41, 5.74) is 2.22. The fourth-order valence-corrected chi connectivity index (χ4v) is 2.36. The van der Waals surface area contributed by atoms with Gasteiger partial charge in [0.2, 0.25) is 5.88 Å². The van der Waals surface area contributed by atoms with Crippen molar-refractivity contribution in [2.24, 2.45) is 0 Å². The molecule has 1 aromatic heterocycles. The minimum absolute atomic E-state index is 0.263. The van der Waals surface area contributed by atoms with Crippen LogP contribution in [0.4, 0.5) is 0 Å². The molecule has 102 valence electrons. The van der Waals surface area contributed by atoms with Gasteiger partial charge in [-0.25, -0.2) is 4.98 Å². The molecule has 0 spiro atoms. The number of benzene rings is 1. The molecule has 20 heavy (non-hydrogen) atoms. The van der Waals surface area contributed by atoms with Crippen molar-refractivity contribution in [3.8, 4) is 23.1 Å². The van der Waals surface area contributed by atoms with Gasteiger partial charge in [-0.2, -0.15) is 5.26 Å². The molecule has 0 fully saturated rings. The van der Waals surface area contributed by atoms with Gasteiger partial charge in [-0.3, -0.25) is 0 Å². The van der Waals surface area contributed by atoms with Gasteiger partial charge in [0.05, 0.1) is 34.7 Å². The van der Waals surface area contributed by atoms with Crippen molar-refractivity contribution in [3.63, 3.8) is 0 Å². The molecule has 0 atom stereocenters. The summed E-state index contributed by atoms with van der Waals surface area (Å²) in [5.74, 6) is 0.432. The first kappa shape index (κ1) is 14.9. The third-order valence-corrected chi connectivity index (χ3v) is 3.88. The smallest absolute Gasteiger partial charge is 0.221 e. The van der Waals surface area contributed by atoms with Crippen molar-refractivity contribution in [1.29, 1.82) is 5.26 Å². The van der Waals surface area contributed by atoms with E-state index in [1.165, 1.54) is 7.11 Å². The number of aromatic nitrogens is 1. The number of nitriles is 1. The molecular formula is C14H9Cl3N2O. The number of hydrogen-bond donors (Lipinski definition) is 0. The molecule has 3 nitrogen and oxygen atoms in total. The number of ether oxygens (including phenoxy) is 1. The topological polar surface area (TPSA) is 45.9 Å². The quantitative estimate of drug-likeness (QED) is 0.762. The van der Waals surface area contributed by atoms with Crippen LogP contribution in [0.2, 0.25) is 15.1 Å². The summed E-state index contributed by atoms with van der Waals surface area (Å²) in [6, 6.07) is 7.27. The van der Waals surface area contributed by atoms with Gasteiger partial charge in [-0.05, 0) is 29.3 Å². The van der Waals surface area contributed by atoms with Gasteiger partial charge in [0, 0.05) is 11.8 Å². The maximum absolute atomic E-state index is 8.76. The summed E-state index contributed by atoms with van der Waals surface area (Å²) in [6.07, 6.45) is 1.86. The van der Waals surface area contributed by atoms with E-state index in [0.717, 1.165) is 11.1 Å². The highest BCUT2D eigenvalue weighted by Gasteiger charge is 2.13. The zero-order valence-electron chi connectivity index (χ0n) is 10.5. The van der Waals surface area contributed by atoms with Crippen LogP contribution in [0.3, 0.4) is 0 Å². The van der Waals surface area contributed by atoms with Gasteiger partial charge < -0.3 is 4.74 Å². The number of halogens is 3. The monoisotopic (exact) mass is 326 g/mol. The molecule has 2 aromatic rings.